The number of likely N-dealkylation sites (tertiary alicyclic amines) is 1. The van der Waals surface area contributed by atoms with E-state index >= 15 is 0 Å². The lowest BCUT2D eigenvalue weighted by Gasteiger charge is -2.36. The third-order valence-corrected chi connectivity index (χ3v) is 4.44. The van der Waals surface area contributed by atoms with Crippen LogP contribution in [0.15, 0.2) is 18.2 Å². The maximum atomic E-state index is 11.2. The van der Waals surface area contributed by atoms with E-state index in [1.165, 1.54) is 0 Å². The van der Waals surface area contributed by atoms with Gasteiger partial charge in [0.05, 0.1) is 19.6 Å². The monoisotopic (exact) mass is 321 g/mol. The van der Waals surface area contributed by atoms with Crippen molar-refractivity contribution in [2.45, 2.75) is 45.7 Å². The molecule has 5 heteroatoms. The second-order valence-electron chi connectivity index (χ2n) is 6.22. The number of rotatable bonds is 7. The number of carboxylic acid groups (broad SMARTS) is 1. The Morgan fingerprint density at radius 1 is 1.35 bits per heavy atom. The molecule has 0 bridgehead atoms. The van der Waals surface area contributed by atoms with Crippen molar-refractivity contribution in [2.75, 3.05) is 20.3 Å². The quantitative estimate of drug-likeness (QED) is 0.836. The number of carbonyl (C=O) groups is 1. The summed E-state index contributed by atoms with van der Waals surface area (Å²) in [5.74, 6) is 0.534. The van der Waals surface area contributed by atoms with Gasteiger partial charge < -0.3 is 14.6 Å². The molecule has 0 radical (unpaired) electrons. The van der Waals surface area contributed by atoms with Gasteiger partial charge in [0.25, 0.3) is 0 Å². The van der Waals surface area contributed by atoms with Crippen molar-refractivity contribution in [3.8, 4) is 11.5 Å². The Bertz CT molecular complexity index is 532. The van der Waals surface area contributed by atoms with Crippen LogP contribution < -0.4 is 9.47 Å². The van der Waals surface area contributed by atoms with Gasteiger partial charge in [-0.05, 0) is 43.9 Å². The van der Waals surface area contributed by atoms with Crippen molar-refractivity contribution < 1.29 is 19.4 Å². The number of nitrogens with zero attached hydrogens (tertiary/aromatic N) is 1. The van der Waals surface area contributed by atoms with Crippen LogP contribution in [-0.4, -0.2) is 42.3 Å². The summed E-state index contributed by atoms with van der Waals surface area (Å²) in [5, 5.41) is 9.25. The zero-order valence-corrected chi connectivity index (χ0v) is 14.2. The van der Waals surface area contributed by atoms with E-state index in [1.807, 2.05) is 18.2 Å². The second kappa shape index (κ2) is 8.20. The first-order valence-corrected chi connectivity index (χ1v) is 8.31. The average Bonchev–Trinajstić information content (AvgIpc) is 2.55. The molecule has 2 rings (SSSR count). The largest absolute Gasteiger partial charge is 0.493 e. The molecule has 1 heterocycles. The van der Waals surface area contributed by atoms with Crippen LogP contribution in [0, 0.1) is 5.92 Å². The van der Waals surface area contributed by atoms with Crippen molar-refractivity contribution in [1.29, 1.82) is 0 Å². The van der Waals surface area contributed by atoms with Gasteiger partial charge in [-0.25, -0.2) is 0 Å². The summed E-state index contributed by atoms with van der Waals surface area (Å²) in [7, 11) is 1.64. The molecule has 2 atom stereocenters. The molecule has 5 nitrogen and oxygen atoms in total. The molecule has 0 aromatic heterocycles. The van der Waals surface area contributed by atoms with Crippen LogP contribution in [0.1, 0.15) is 38.7 Å². The minimum Gasteiger partial charge on any atom is -0.493 e. The molecule has 0 aliphatic carbocycles. The zero-order valence-electron chi connectivity index (χ0n) is 14.2. The van der Waals surface area contributed by atoms with Crippen molar-refractivity contribution in [2.24, 2.45) is 5.92 Å². The van der Waals surface area contributed by atoms with Crippen LogP contribution in [0.5, 0.6) is 11.5 Å². The number of benzene rings is 1. The molecule has 1 aromatic carbocycles. The normalized spacial score (nSPS) is 21.9. The number of hydrogen-bond donors (Lipinski definition) is 1. The summed E-state index contributed by atoms with van der Waals surface area (Å²) in [6, 6.07) is 6.35. The number of ether oxygens (including phenoxy) is 2. The summed E-state index contributed by atoms with van der Waals surface area (Å²) < 4.78 is 11.1. The number of carboxylic acids is 1. The van der Waals surface area contributed by atoms with Crippen molar-refractivity contribution in [3.63, 3.8) is 0 Å². The molecule has 0 saturated carbocycles. The van der Waals surface area contributed by atoms with Crippen LogP contribution in [0.2, 0.25) is 0 Å². The summed E-state index contributed by atoms with van der Waals surface area (Å²) in [5.41, 5.74) is 1.11. The Hall–Kier alpha value is -1.75. The molecule has 1 aromatic rings. The molecule has 23 heavy (non-hydrogen) atoms. The molecule has 1 N–H and O–H groups in total. The van der Waals surface area contributed by atoms with Gasteiger partial charge in [-0.1, -0.05) is 13.0 Å². The van der Waals surface area contributed by atoms with Gasteiger partial charge >= 0.3 is 5.97 Å². The van der Waals surface area contributed by atoms with Crippen LogP contribution in [0.4, 0.5) is 0 Å². The fourth-order valence-electron chi connectivity index (χ4n) is 2.98. The minimum absolute atomic E-state index is 0.264. The van der Waals surface area contributed by atoms with Gasteiger partial charge in [-0.2, -0.15) is 0 Å². The first-order chi connectivity index (χ1) is 11.0. The predicted molar refractivity (Wildman–Crippen MR) is 89.0 cm³/mol. The fourth-order valence-corrected chi connectivity index (χ4v) is 2.98. The third-order valence-electron chi connectivity index (χ3n) is 4.44. The van der Waals surface area contributed by atoms with Crippen LogP contribution in [0.3, 0.4) is 0 Å². The first-order valence-electron chi connectivity index (χ1n) is 8.31. The van der Waals surface area contributed by atoms with E-state index < -0.39 is 5.97 Å². The van der Waals surface area contributed by atoms with Crippen molar-refractivity contribution >= 4 is 5.97 Å². The van der Waals surface area contributed by atoms with E-state index in [1.54, 1.807) is 7.11 Å². The van der Waals surface area contributed by atoms with Gasteiger partial charge in [0.15, 0.2) is 11.5 Å². The van der Waals surface area contributed by atoms with Gasteiger partial charge in [-0.3, -0.25) is 9.69 Å². The average molecular weight is 321 g/mol. The van der Waals surface area contributed by atoms with Gasteiger partial charge in [-0.15, -0.1) is 0 Å². The SMILES string of the molecule is CCCOc1ccc(CN2CC(C(=O)O)CCC2C)cc1OC. The third kappa shape index (κ3) is 4.61. The van der Waals surface area contributed by atoms with E-state index in [0.29, 0.717) is 19.2 Å². The molecule has 2 unspecified atom stereocenters. The molecule has 0 spiro atoms. The van der Waals surface area contributed by atoms with E-state index in [4.69, 9.17) is 9.47 Å². The Kier molecular flexibility index (Phi) is 6.28. The van der Waals surface area contributed by atoms with E-state index in [-0.39, 0.29) is 5.92 Å². The van der Waals surface area contributed by atoms with E-state index in [0.717, 1.165) is 42.9 Å². The number of aliphatic carboxylic acids is 1. The summed E-state index contributed by atoms with van der Waals surface area (Å²) in [6.45, 7) is 6.23. The minimum atomic E-state index is -0.692. The van der Waals surface area contributed by atoms with E-state index in [2.05, 4.69) is 18.7 Å². The highest BCUT2D eigenvalue weighted by molar-refractivity contribution is 5.70. The first kappa shape index (κ1) is 17.6. The summed E-state index contributed by atoms with van der Waals surface area (Å²) in [6.07, 6.45) is 2.64. The van der Waals surface area contributed by atoms with Gasteiger partial charge in [0.2, 0.25) is 0 Å². The maximum Gasteiger partial charge on any atom is 0.307 e. The number of piperidine rings is 1. The maximum absolute atomic E-state index is 11.2. The molecule has 1 fully saturated rings. The lowest BCUT2D eigenvalue weighted by Crippen LogP contribution is -2.43. The fraction of sp³-hybridized carbons (Fsp3) is 0.611. The summed E-state index contributed by atoms with van der Waals surface area (Å²) in [4.78, 5) is 13.5. The highest BCUT2D eigenvalue weighted by atomic mass is 16.5. The molecule has 1 saturated heterocycles. The lowest BCUT2D eigenvalue weighted by molar-refractivity contribution is -0.144. The van der Waals surface area contributed by atoms with Crippen LogP contribution >= 0.6 is 0 Å². The zero-order chi connectivity index (χ0) is 16.8. The van der Waals surface area contributed by atoms with E-state index in [9.17, 15) is 9.90 Å². The van der Waals surface area contributed by atoms with Gasteiger partial charge in [0, 0.05) is 19.1 Å². The topological polar surface area (TPSA) is 59.0 Å². The van der Waals surface area contributed by atoms with Crippen LogP contribution in [0.25, 0.3) is 0 Å². The lowest BCUT2D eigenvalue weighted by atomic mass is 9.93. The highest BCUT2D eigenvalue weighted by Crippen LogP contribution is 2.30. The Morgan fingerprint density at radius 3 is 2.78 bits per heavy atom. The van der Waals surface area contributed by atoms with Crippen LogP contribution in [-0.2, 0) is 11.3 Å². The van der Waals surface area contributed by atoms with Gasteiger partial charge in [0.1, 0.15) is 0 Å². The molecule has 0 amide bonds. The molecule has 1 aliphatic heterocycles. The molecular formula is C18H27NO4. The highest BCUT2D eigenvalue weighted by Gasteiger charge is 2.29. The Balaban J connectivity index is 2.07. The second-order valence-corrected chi connectivity index (χ2v) is 6.22. The number of methoxy groups -OCH3 is 1. The molecule has 128 valence electrons. The Morgan fingerprint density at radius 2 is 2.13 bits per heavy atom. The summed E-state index contributed by atoms with van der Waals surface area (Å²) >= 11 is 0. The predicted octanol–water partition coefficient (Wildman–Crippen LogP) is 3.17. The standard InChI is InChI=1S/C18H27NO4/c1-4-9-23-16-8-6-14(10-17(16)22-3)11-19-12-15(18(20)21)7-5-13(19)2/h6,8,10,13,15H,4-5,7,9,11-12H2,1-3H3,(H,20,21). The number of hydrogen-bond acceptors (Lipinski definition) is 4. The van der Waals surface area contributed by atoms with Crippen molar-refractivity contribution in [1.82, 2.24) is 4.90 Å². The van der Waals surface area contributed by atoms with Crippen molar-refractivity contribution in [3.05, 3.63) is 23.8 Å². The molecule has 1 aliphatic rings. The molecular weight excluding hydrogens is 294 g/mol. The Labute approximate surface area is 138 Å². The smallest absolute Gasteiger partial charge is 0.307 e.